The van der Waals surface area contributed by atoms with Crippen molar-refractivity contribution in [3.63, 3.8) is 0 Å². The smallest absolute Gasteiger partial charge is 0.231 e. The maximum Gasteiger partial charge on any atom is 0.231 e. The molecule has 0 saturated carbocycles. The summed E-state index contributed by atoms with van der Waals surface area (Å²) in [6, 6.07) is 13.1. The summed E-state index contributed by atoms with van der Waals surface area (Å²) in [5.74, 6) is 0.762. The highest BCUT2D eigenvalue weighted by molar-refractivity contribution is 5.98. The van der Waals surface area contributed by atoms with Gasteiger partial charge in [-0.05, 0) is 17.7 Å². The average Bonchev–Trinajstić information content (AvgIpc) is 3.17. The Bertz CT molecular complexity index is 936. The van der Waals surface area contributed by atoms with Crippen LogP contribution in [-0.4, -0.2) is 21.7 Å². The molecule has 1 aliphatic rings. The summed E-state index contributed by atoms with van der Waals surface area (Å²) in [5.41, 5.74) is 2.08. The highest BCUT2D eigenvalue weighted by Gasteiger charge is 2.29. The van der Waals surface area contributed by atoms with Crippen molar-refractivity contribution < 1.29 is 14.0 Å². The first-order valence-corrected chi connectivity index (χ1v) is 8.45. The molecule has 1 aromatic carbocycles. The van der Waals surface area contributed by atoms with Crippen LogP contribution in [0, 0.1) is 0 Å². The Morgan fingerprint density at radius 2 is 2.00 bits per heavy atom. The number of anilines is 1. The van der Waals surface area contributed by atoms with Crippen LogP contribution in [0.3, 0.4) is 0 Å². The fourth-order valence-electron chi connectivity index (χ4n) is 3.18. The van der Waals surface area contributed by atoms with Crippen LogP contribution >= 0.6 is 0 Å². The molecule has 0 bridgehead atoms. The normalized spacial score (nSPS) is 16.2. The van der Waals surface area contributed by atoms with Crippen LogP contribution in [0.2, 0.25) is 0 Å². The predicted molar refractivity (Wildman–Crippen MR) is 94.9 cm³/mol. The molecule has 1 atom stereocenters. The van der Waals surface area contributed by atoms with Gasteiger partial charge in [0, 0.05) is 25.0 Å². The zero-order valence-corrected chi connectivity index (χ0v) is 14.0. The maximum absolute atomic E-state index is 12.4. The molecule has 0 spiro atoms. The van der Waals surface area contributed by atoms with Gasteiger partial charge in [-0.1, -0.05) is 30.3 Å². The molecule has 6 nitrogen and oxygen atoms in total. The fourth-order valence-corrected chi connectivity index (χ4v) is 3.18. The first-order valence-electron chi connectivity index (χ1n) is 8.45. The quantitative estimate of drug-likeness (QED) is 0.783. The third-order valence-corrected chi connectivity index (χ3v) is 4.44. The average molecular weight is 347 g/mol. The summed E-state index contributed by atoms with van der Waals surface area (Å²) in [6.07, 6.45) is 4.31. The van der Waals surface area contributed by atoms with Gasteiger partial charge >= 0.3 is 0 Å². The molecule has 0 saturated heterocycles. The van der Waals surface area contributed by atoms with E-state index in [1.165, 1.54) is 6.20 Å². The minimum atomic E-state index is -0.194. The molecular formula is C20H17N3O3. The maximum atomic E-state index is 12.4. The predicted octanol–water partition coefficient (Wildman–Crippen LogP) is 3.16. The van der Waals surface area contributed by atoms with Gasteiger partial charge in [-0.3, -0.25) is 14.9 Å². The first-order chi connectivity index (χ1) is 12.7. The Morgan fingerprint density at radius 1 is 1.15 bits per heavy atom. The molecule has 130 valence electrons. The SMILES string of the molecule is O=C(Cc1ccccc1)Nc1ncc2c(n1)C[C@@H](c1ccco1)CC2=O. The highest BCUT2D eigenvalue weighted by atomic mass is 16.3. The largest absolute Gasteiger partial charge is 0.469 e. The lowest BCUT2D eigenvalue weighted by Crippen LogP contribution is -2.22. The third kappa shape index (κ3) is 3.39. The number of rotatable bonds is 4. The van der Waals surface area contributed by atoms with Crippen LogP contribution in [0.5, 0.6) is 0 Å². The summed E-state index contributed by atoms with van der Waals surface area (Å²) >= 11 is 0. The number of carbonyl (C=O) groups is 2. The van der Waals surface area contributed by atoms with Crippen molar-refractivity contribution >= 4 is 17.6 Å². The second-order valence-electron chi connectivity index (χ2n) is 6.31. The van der Waals surface area contributed by atoms with E-state index in [2.05, 4.69) is 15.3 Å². The number of hydrogen-bond acceptors (Lipinski definition) is 5. The van der Waals surface area contributed by atoms with Crippen LogP contribution in [0.4, 0.5) is 5.95 Å². The van der Waals surface area contributed by atoms with E-state index in [0.29, 0.717) is 24.1 Å². The second kappa shape index (κ2) is 6.92. The molecular weight excluding hydrogens is 330 g/mol. The molecule has 0 radical (unpaired) electrons. The number of nitrogens with one attached hydrogen (secondary N) is 1. The molecule has 0 fully saturated rings. The van der Waals surface area contributed by atoms with E-state index in [-0.39, 0.29) is 30.0 Å². The summed E-state index contributed by atoms with van der Waals surface area (Å²) in [7, 11) is 0. The zero-order valence-electron chi connectivity index (χ0n) is 14.0. The number of amides is 1. The number of benzene rings is 1. The number of ketones is 1. The number of hydrogen-bond donors (Lipinski definition) is 1. The summed E-state index contributed by atoms with van der Waals surface area (Å²) in [6.45, 7) is 0. The van der Waals surface area contributed by atoms with E-state index in [1.54, 1.807) is 6.26 Å². The lowest BCUT2D eigenvalue weighted by molar-refractivity contribution is -0.115. The van der Waals surface area contributed by atoms with Gasteiger partial charge in [0.2, 0.25) is 11.9 Å². The number of Topliss-reactive ketones (excluding diaryl/α,β-unsaturated/α-hetero) is 1. The van der Waals surface area contributed by atoms with Crippen LogP contribution in [0.25, 0.3) is 0 Å². The first kappa shape index (κ1) is 16.2. The molecule has 1 aliphatic carbocycles. The summed E-state index contributed by atoms with van der Waals surface area (Å²) < 4.78 is 5.43. The van der Waals surface area contributed by atoms with Crippen molar-refractivity contribution in [3.05, 3.63) is 77.5 Å². The number of nitrogens with zero attached hydrogens (tertiary/aromatic N) is 2. The van der Waals surface area contributed by atoms with Gasteiger partial charge in [-0.2, -0.15) is 0 Å². The van der Waals surface area contributed by atoms with Crippen molar-refractivity contribution in [3.8, 4) is 0 Å². The molecule has 3 aromatic rings. The van der Waals surface area contributed by atoms with E-state index in [9.17, 15) is 9.59 Å². The molecule has 26 heavy (non-hydrogen) atoms. The van der Waals surface area contributed by atoms with Crippen LogP contribution in [0.1, 0.15) is 39.7 Å². The molecule has 1 amide bonds. The van der Waals surface area contributed by atoms with Crippen LogP contribution < -0.4 is 5.32 Å². The number of fused-ring (bicyclic) bond motifs is 1. The Kier molecular flexibility index (Phi) is 4.31. The molecule has 2 aromatic heterocycles. The van der Waals surface area contributed by atoms with Gasteiger partial charge in [-0.15, -0.1) is 0 Å². The lowest BCUT2D eigenvalue weighted by atomic mass is 9.85. The Hall–Kier alpha value is -3.28. The van der Waals surface area contributed by atoms with Gasteiger partial charge < -0.3 is 4.42 Å². The van der Waals surface area contributed by atoms with Gasteiger partial charge in [-0.25, -0.2) is 9.97 Å². The molecule has 4 rings (SSSR count). The van der Waals surface area contributed by atoms with Crippen molar-refractivity contribution in [1.82, 2.24) is 9.97 Å². The molecule has 1 N–H and O–H groups in total. The lowest BCUT2D eigenvalue weighted by Gasteiger charge is -2.21. The van der Waals surface area contributed by atoms with Gasteiger partial charge in [0.25, 0.3) is 0 Å². The zero-order chi connectivity index (χ0) is 17.9. The van der Waals surface area contributed by atoms with E-state index >= 15 is 0 Å². The standard InChI is InChI=1S/C20H17N3O3/c24-17-11-14(18-7-4-8-26-18)10-16-15(17)12-21-20(22-16)23-19(25)9-13-5-2-1-3-6-13/h1-8,12,14H,9-11H2,(H,21,22,23,25)/t14-/m1/s1. The number of aromatic nitrogens is 2. The minimum Gasteiger partial charge on any atom is -0.469 e. The van der Waals surface area contributed by atoms with Crippen molar-refractivity contribution in [2.24, 2.45) is 0 Å². The van der Waals surface area contributed by atoms with Crippen molar-refractivity contribution in [1.29, 1.82) is 0 Å². The topological polar surface area (TPSA) is 85.1 Å². The number of furan rings is 1. The molecule has 0 unspecified atom stereocenters. The molecule has 0 aliphatic heterocycles. The van der Waals surface area contributed by atoms with Crippen molar-refractivity contribution in [2.75, 3.05) is 5.32 Å². The fraction of sp³-hybridized carbons (Fsp3) is 0.200. The van der Waals surface area contributed by atoms with Crippen molar-refractivity contribution in [2.45, 2.75) is 25.2 Å². The van der Waals surface area contributed by atoms with E-state index in [4.69, 9.17) is 4.42 Å². The van der Waals surface area contributed by atoms with Gasteiger partial charge in [0.1, 0.15) is 5.76 Å². The number of carbonyl (C=O) groups excluding carboxylic acids is 2. The monoisotopic (exact) mass is 347 g/mol. The van der Waals surface area contributed by atoms with E-state index in [1.807, 2.05) is 42.5 Å². The summed E-state index contributed by atoms with van der Waals surface area (Å²) in [4.78, 5) is 33.1. The van der Waals surface area contributed by atoms with Crippen LogP contribution in [-0.2, 0) is 17.6 Å². The summed E-state index contributed by atoms with van der Waals surface area (Å²) in [5, 5.41) is 2.71. The highest BCUT2D eigenvalue weighted by Crippen LogP contribution is 2.32. The molecule has 6 heteroatoms. The van der Waals surface area contributed by atoms with Gasteiger partial charge in [0.05, 0.1) is 23.9 Å². The Morgan fingerprint density at radius 3 is 2.77 bits per heavy atom. The Labute approximate surface area is 150 Å². The van der Waals surface area contributed by atoms with Gasteiger partial charge in [0.15, 0.2) is 5.78 Å². The van der Waals surface area contributed by atoms with E-state index < -0.39 is 0 Å². The molecule has 2 heterocycles. The second-order valence-corrected chi connectivity index (χ2v) is 6.31. The Balaban J connectivity index is 1.50. The third-order valence-electron chi connectivity index (χ3n) is 4.44. The van der Waals surface area contributed by atoms with E-state index in [0.717, 1.165) is 11.3 Å². The minimum absolute atomic E-state index is 0.00480. The van der Waals surface area contributed by atoms with Crippen LogP contribution in [0.15, 0.2) is 59.3 Å².